The van der Waals surface area contributed by atoms with Crippen LogP contribution in [0.4, 0.5) is 5.69 Å². The number of carbonyl (C=O) groups is 1. The number of anilines is 1. The predicted molar refractivity (Wildman–Crippen MR) is 98.7 cm³/mol. The molecule has 1 aromatic heterocycles. The Kier molecular flexibility index (Phi) is 4.07. The van der Waals surface area contributed by atoms with E-state index in [9.17, 15) is 4.79 Å². The van der Waals surface area contributed by atoms with Gasteiger partial charge in [-0.2, -0.15) is 0 Å². The van der Waals surface area contributed by atoms with Gasteiger partial charge in [0.25, 0.3) is 0 Å². The normalized spacial score (nSPS) is 19.0. The van der Waals surface area contributed by atoms with E-state index in [2.05, 4.69) is 22.2 Å². The lowest BCUT2D eigenvalue weighted by molar-refractivity contribution is -0.126. The van der Waals surface area contributed by atoms with Crippen molar-refractivity contribution in [3.8, 4) is 0 Å². The maximum Gasteiger partial charge on any atom is 0.244 e. The van der Waals surface area contributed by atoms with Crippen LogP contribution in [-0.4, -0.2) is 34.4 Å². The molecule has 1 aromatic carbocycles. The summed E-state index contributed by atoms with van der Waals surface area (Å²) in [6.07, 6.45) is 7.22. The van der Waals surface area contributed by atoms with Crippen LogP contribution < -0.4 is 5.32 Å². The number of benzene rings is 1. The molecular formula is C20H27N3O2. The fraction of sp³-hybridized carbons (Fsp3) is 0.600. The highest BCUT2D eigenvalue weighted by molar-refractivity contribution is 5.98. The van der Waals surface area contributed by atoms with E-state index in [4.69, 9.17) is 4.42 Å². The molecule has 25 heavy (non-hydrogen) atoms. The van der Waals surface area contributed by atoms with Crippen LogP contribution in [0.3, 0.4) is 0 Å². The Labute approximate surface area is 148 Å². The molecule has 2 aliphatic rings. The maximum absolute atomic E-state index is 12.9. The molecule has 5 nitrogen and oxygen atoms in total. The van der Waals surface area contributed by atoms with Gasteiger partial charge in [0.1, 0.15) is 5.52 Å². The number of hydrogen-bond acceptors (Lipinski definition) is 4. The van der Waals surface area contributed by atoms with Crippen LogP contribution >= 0.6 is 0 Å². The third-order valence-corrected chi connectivity index (χ3v) is 5.90. The fourth-order valence-electron chi connectivity index (χ4n) is 3.72. The Morgan fingerprint density at radius 1 is 1.24 bits per heavy atom. The fourth-order valence-corrected chi connectivity index (χ4v) is 3.72. The van der Waals surface area contributed by atoms with Crippen molar-refractivity contribution in [1.82, 2.24) is 9.88 Å². The maximum atomic E-state index is 12.9. The molecule has 2 aromatic rings. The molecule has 0 radical (unpaired) electrons. The van der Waals surface area contributed by atoms with Gasteiger partial charge in [0.2, 0.25) is 5.91 Å². The number of fused-ring (bicyclic) bond motifs is 1. The third kappa shape index (κ3) is 3.17. The van der Waals surface area contributed by atoms with Gasteiger partial charge in [-0.15, -0.1) is 0 Å². The first-order chi connectivity index (χ1) is 11.9. The molecule has 2 aliphatic carbocycles. The van der Waals surface area contributed by atoms with Crippen molar-refractivity contribution in [3.05, 3.63) is 24.1 Å². The van der Waals surface area contributed by atoms with E-state index >= 15 is 0 Å². The average Bonchev–Trinajstić information content (AvgIpc) is 3.13. The standard InChI is InChI=1S/C20H27N3O2/c1-20(2,23(3)15-6-4-5-7-15)19(24)21-14-10-11-16-17(12-14)25-18(22-16)13-8-9-13/h10-13,15H,4-9H2,1-3H3,(H,21,24). The Bertz CT molecular complexity index is 785. The van der Waals surface area contributed by atoms with Gasteiger partial charge in [-0.3, -0.25) is 9.69 Å². The second-order valence-corrected chi connectivity index (χ2v) is 8.07. The summed E-state index contributed by atoms with van der Waals surface area (Å²) < 4.78 is 5.86. The van der Waals surface area contributed by atoms with Gasteiger partial charge in [0.15, 0.2) is 11.5 Å². The molecule has 134 valence electrons. The summed E-state index contributed by atoms with van der Waals surface area (Å²) >= 11 is 0. The van der Waals surface area contributed by atoms with Gasteiger partial charge < -0.3 is 9.73 Å². The summed E-state index contributed by atoms with van der Waals surface area (Å²) in [6.45, 7) is 4.00. The summed E-state index contributed by atoms with van der Waals surface area (Å²) in [5, 5.41) is 3.06. The molecule has 0 unspecified atom stereocenters. The van der Waals surface area contributed by atoms with E-state index in [0.717, 1.165) is 35.5 Å². The monoisotopic (exact) mass is 341 g/mol. The smallest absolute Gasteiger partial charge is 0.244 e. The van der Waals surface area contributed by atoms with Crippen LogP contribution in [-0.2, 0) is 4.79 Å². The topological polar surface area (TPSA) is 58.4 Å². The number of nitrogens with one attached hydrogen (secondary N) is 1. The Morgan fingerprint density at radius 2 is 1.96 bits per heavy atom. The van der Waals surface area contributed by atoms with Crippen molar-refractivity contribution in [2.75, 3.05) is 12.4 Å². The first-order valence-corrected chi connectivity index (χ1v) is 9.40. The van der Waals surface area contributed by atoms with Crippen molar-refractivity contribution in [3.63, 3.8) is 0 Å². The number of likely N-dealkylation sites (N-methyl/N-ethyl adjacent to an activating group) is 1. The minimum Gasteiger partial charge on any atom is -0.440 e. The van der Waals surface area contributed by atoms with E-state index < -0.39 is 5.54 Å². The zero-order valence-electron chi connectivity index (χ0n) is 15.3. The van der Waals surface area contributed by atoms with Crippen molar-refractivity contribution in [1.29, 1.82) is 0 Å². The van der Waals surface area contributed by atoms with E-state index in [1.54, 1.807) is 0 Å². The molecule has 2 saturated carbocycles. The minimum absolute atomic E-state index is 0.0168. The molecule has 4 rings (SSSR count). The second kappa shape index (κ2) is 6.13. The number of aromatic nitrogens is 1. The predicted octanol–water partition coefficient (Wildman–Crippen LogP) is 4.30. The Morgan fingerprint density at radius 3 is 2.64 bits per heavy atom. The molecule has 0 saturated heterocycles. The van der Waals surface area contributed by atoms with Crippen molar-refractivity contribution in [2.45, 2.75) is 69.9 Å². The van der Waals surface area contributed by atoms with Gasteiger partial charge in [-0.1, -0.05) is 12.8 Å². The highest BCUT2D eigenvalue weighted by atomic mass is 16.3. The van der Waals surface area contributed by atoms with Crippen LogP contribution in [0, 0.1) is 0 Å². The van der Waals surface area contributed by atoms with Gasteiger partial charge in [-0.25, -0.2) is 4.98 Å². The lowest BCUT2D eigenvalue weighted by Crippen LogP contribution is -2.54. The van der Waals surface area contributed by atoms with Gasteiger partial charge in [0, 0.05) is 23.7 Å². The molecule has 1 amide bonds. The van der Waals surface area contributed by atoms with Crippen LogP contribution in [0.2, 0.25) is 0 Å². The highest BCUT2D eigenvalue weighted by Crippen LogP contribution is 2.40. The number of amides is 1. The third-order valence-electron chi connectivity index (χ3n) is 5.90. The van der Waals surface area contributed by atoms with Crippen LogP contribution in [0.15, 0.2) is 22.6 Å². The quantitative estimate of drug-likeness (QED) is 0.881. The summed E-state index contributed by atoms with van der Waals surface area (Å²) in [5.74, 6) is 1.34. The number of carbonyl (C=O) groups excluding carboxylic acids is 1. The van der Waals surface area contributed by atoms with Crippen LogP contribution in [0.1, 0.15) is 64.2 Å². The molecular weight excluding hydrogens is 314 g/mol. The number of oxazole rings is 1. The zero-order chi connectivity index (χ0) is 17.6. The van der Waals surface area contributed by atoms with Crippen molar-refractivity contribution in [2.24, 2.45) is 0 Å². The molecule has 1 heterocycles. The van der Waals surface area contributed by atoms with E-state index in [-0.39, 0.29) is 5.91 Å². The van der Waals surface area contributed by atoms with Gasteiger partial charge in [0.05, 0.1) is 5.54 Å². The van der Waals surface area contributed by atoms with E-state index in [0.29, 0.717) is 12.0 Å². The molecule has 0 aliphatic heterocycles. The van der Waals surface area contributed by atoms with Gasteiger partial charge in [-0.05, 0) is 58.7 Å². The van der Waals surface area contributed by atoms with Crippen molar-refractivity contribution < 1.29 is 9.21 Å². The Balaban J connectivity index is 1.49. The zero-order valence-corrected chi connectivity index (χ0v) is 15.3. The summed E-state index contributed by atoms with van der Waals surface area (Å²) in [5.41, 5.74) is 1.83. The number of nitrogens with zero attached hydrogens (tertiary/aromatic N) is 2. The van der Waals surface area contributed by atoms with Crippen LogP contribution in [0.25, 0.3) is 11.1 Å². The molecule has 1 N–H and O–H groups in total. The van der Waals surface area contributed by atoms with Gasteiger partial charge >= 0.3 is 0 Å². The summed E-state index contributed by atoms with van der Waals surface area (Å²) in [7, 11) is 2.07. The average molecular weight is 341 g/mol. The SMILES string of the molecule is CN(C1CCCC1)C(C)(C)C(=O)Nc1ccc2nc(C3CC3)oc2c1. The molecule has 0 bridgehead atoms. The molecule has 0 spiro atoms. The molecule has 2 fully saturated rings. The lowest BCUT2D eigenvalue weighted by Gasteiger charge is -2.38. The number of rotatable bonds is 5. The minimum atomic E-state index is -0.551. The molecule has 0 atom stereocenters. The lowest BCUT2D eigenvalue weighted by atomic mass is 9.99. The summed E-state index contributed by atoms with van der Waals surface area (Å²) in [4.78, 5) is 19.7. The highest BCUT2D eigenvalue weighted by Gasteiger charge is 2.37. The molecule has 5 heteroatoms. The van der Waals surface area contributed by atoms with E-state index in [1.807, 2.05) is 32.0 Å². The number of hydrogen-bond donors (Lipinski definition) is 1. The van der Waals surface area contributed by atoms with Crippen molar-refractivity contribution >= 4 is 22.7 Å². The first-order valence-electron chi connectivity index (χ1n) is 9.40. The second-order valence-electron chi connectivity index (χ2n) is 8.07. The summed E-state index contributed by atoms with van der Waals surface area (Å²) in [6, 6.07) is 6.22. The Hall–Kier alpha value is -1.88. The first kappa shape index (κ1) is 16.6. The van der Waals surface area contributed by atoms with Crippen LogP contribution in [0.5, 0.6) is 0 Å². The largest absolute Gasteiger partial charge is 0.440 e. The van der Waals surface area contributed by atoms with E-state index in [1.165, 1.54) is 25.7 Å².